The minimum atomic E-state index is -0.890. The molecule has 20 heavy (non-hydrogen) atoms. The number of aryl methyl sites for hydroxylation is 2. The second-order valence-corrected chi connectivity index (χ2v) is 5.04. The fourth-order valence-corrected chi connectivity index (χ4v) is 1.86. The average Bonchev–Trinajstić information content (AvgIpc) is 2.63. The number of halogens is 1. The van der Waals surface area contributed by atoms with E-state index in [2.05, 4.69) is 5.16 Å². The number of benzene rings is 1. The zero-order valence-corrected chi connectivity index (χ0v) is 12.7. The van der Waals surface area contributed by atoms with Crippen molar-refractivity contribution in [2.75, 3.05) is 0 Å². The SMILES string of the molecule is Cc1oc2cc(OC(C)(C)C(N)=NO)ccc2c1C.Cl. The van der Waals surface area contributed by atoms with E-state index >= 15 is 0 Å². The molecule has 0 saturated carbocycles. The summed E-state index contributed by atoms with van der Waals surface area (Å²) >= 11 is 0. The van der Waals surface area contributed by atoms with Crippen molar-refractivity contribution in [3.8, 4) is 5.75 Å². The molecule has 0 spiro atoms. The van der Waals surface area contributed by atoms with Crippen molar-refractivity contribution in [1.82, 2.24) is 0 Å². The lowest BCUT2D eigenvalue weighted by Gasteiger charge is -2.24. The van der Waals surface area contributed by atoms with Gasteiger partial charge in [0.2, 0.25) is 0 Å². The Labute approximate surface area is 123 Å². The van der Waals surface area contributed by atoms with Crippen LogP contribution in [0.1, 0.15) is 25.2 Å². The number of furan rings is 1. The summed E-state index contributed by atoms with van der Waals surface area (Å²) in [5.41, 5.74) is 6.59. The highest BCUT2D eigenvalue weighted by Gasteiger charge is 2.26. The van der Waals surface area contributed by atoms with Crippen molar-refractivity contribution in [1.29, 1.82) is 0 Å². The topological polar surface area (TPSA) is 81.0 Å². The van der Waals surface area contributed by atoms with Crippen molar-refractivity contribution in [3.05, 3.63) is 29.5 Å². The molecule has 0 radical (unpaired) electrons. The van der Waals surface area contributed by atoms with Gasteiger partial charge in [-0.05, 0) is 45.4 Å². The number of ether oxygens (including phenoxy) is 1. The van der Waals surface area contributed by atoms with Gasteiger partial charge in [0, 0.05) is 11.5 Å². The van der Waals surface area contributed by atoms with Crippen LogP contribution in [0.4, 0.5) is 0 Å². The Hall–Kier alpha value is -1.88. The Bertz CT molecular complexity index is 647. The second-order valence-electron chi connectivity index (χ2n) is 5.04. The molecule has 0 atom stereocenters. The highest BCUT2D eigenvalue weighted by atomic mass is 35.5. The Morgan fingerprint density at radius 1 is 1.35 bits per heavy atom. The van der Waals surface area contributed by atoms with Crippen LogP contribution in [0.3, 0.4) is 0 Å². The molecule has 1 aromatic carbocycles. The molecule has 1 heterocycles. The van der Waals surface area contributed by atoms with E-state index in [0.29, 0.717) is 5.75 Å². The van der Waals surface area contributed by atoms with Crippen LogP contribution in [-0.4, -0.2) is 16.6 Å². The number of nitrogens with zero attached hydrogens (tertiary/aromatic N) is 1. The number of rotatable bonds is 3. The van der Waals surface area contributed by atoms with E-state index in [9.17, 15) is 0 Å². The van der Waals surface area contributed by atoms with Gasteiger partial charge in [0.1, 0.15) is 17.1 Å². The molecule has 5 nitrogen and oxygen atoms in total. The van der Waals surface area contributed by atoms with Crippen LogP contribution in [-0.2, 0) is 0 Å². The van der Waals surface area contributed by atoms with Gasteiger partial charge < -0.3 is 20.1 Å². The number of hydrogen-bond donors (Lipinski definition) is 2. The van der Waals surface area contributed by atoms with E-state index in [1.807, 2.05) is 32.0 Å². The smallest absolute Gasteiger partial charge is 0.182 e. The number of oxime groups is 1. The average molecular weight is 299 g/mol. The third-order valence-electron chi connectivity index (χ3n) is 3.25. The van der Waals surface area contributed by atoms with Gasteiger partial charge in [0.15, 0.2) is 11.4 Å². The van der Waals surface area contributed by atoms with Gasteiger partial charge in [0.05, 0.1) is 0 Å². The zero-order chi connectivity index (χ0) is 14.2. The summed E-state index contributed by atoms with van der Waals surface area (Å²) in [7, 11) is 0. The number of amidine groups is 1. The standard InChI is InChI=1S/C14H18N2O3.ClH/c1-8-9(2)18-12-7-10(5-6-11(8)12)19-14(3,4)13(15)16-17;/h5-7,17H,1-4H3,(H2,15,16);1H. The Morgan fingerprint density at radius 2 is 2.00 bits per heavy atom. The van der Waals surface area contributed by atoms with Gasteiger partial charge in [-0.2, -0.15) is 0 Å². The predicted molar refractivity (Wildman–Crippen MR) is 81.1 cm³/mol. The second kappa shape index (κ2) is 5.63. The third-order valence-corrected chi connectivity index (χ3v) is 3.25. The highest BCUT2D eigenvalue weighted by Crippen LogP contribution is 2.29. The molecule has 0 aliphatic heterocycles. The first-order valence-corrected chi connectivity index (χ1v) is 6.02. The lowest BCUT2D eigenvalue weighted by atomic mass is 10.1. The fraction of sp³-hybridized carbons (Fsp3) is 0.357. The summed E-state index contributed by atoms with van der Waals surface area (Å²) in [6.45, 7) is 7.40. The van der Waals surface area contributed by atoms with Crippen molar-refractivity contribution in [3.63, 3.8) is 0 Å². The van der Waals surface area contributed by atoms with Crippen LogP contribution in [0, 0.1) is 13.8 Å². The van der Waals surface area contributed by atoms with Gasteiger partial charge in [-0.25, -0.2) is 0 Å². The monoisotopic (exact) mass is 298 g/mol. The minimum Gasteiger partial charge on any atom is -0.480 e. The first kappa shape index (κ1) is 16.2. The first-order valence-electron chi connectivity index (χ1n) is 6.02. The van der Waals surface area contributed by atoms with Crippen molar-refractivity contribution < 1.29 is 14.4 Å². The summed E-state index contributed by atoms with van der Waals surface area (Å²) < 4.78 is 11.4. The molecule has 1 aromatic heterocycles. The van der Waals surface area contributed by atoms with Crippen LogP contribution in [0.5, 0.6) is 5.75 Å². The van der Waals surface area contributed by atoms with Crippen LogP contribution in [0.15, 0.2) is 27.8 Å². The molecule has 6 heteroatoms. The van der Waals surface area contributed by atoms with Gasteiger partial charge in [-0.15, -0.1) is 12.4 Å². The Kier molecular flexibility index (Phi) is 4.55. The van der Waals surface area contributed by atoms with Gasteiger partial charge >= 0.3 is 0 Å². The lowest BCUT2D eigenvalue weighted by Crippen LogP contribution is -2.43. The summed E-state index contributed by atoms with van der Waals surface area (Å²) in [6.07, 6.45) is 0. The molecule has 110 valence electrons. The molecular weight excluding hydrogens is 280 g/mol. The van der Waals surface area contributed by atoms with E-state index in [0.717, 1.165) is 22.3 Å². The van der Waals surface area contributed by atoms with E-state index in [1.165, 1.54) is 0 Å². The number of hydrogen-bond acceptors (Lipinski definition) is 4. The molecule has 0 bridgehead atoms. The highest BCUT2D eigenvalue weighted by molar-refractivity contribution is 5.88. The van der Waals surface area contributed by atoms with E-state index in [4.69, 9.17) is 20.1 Å². The first-order chi connectivity index (χ1) is 8.85. The van der Waals surface area contributed by atoms with E-state index in [-0.39, 0.29) is 18.2 Å². The summed E-state index contributed by atoms with van der Waals surface area (Å²) in [4.78, 5) is 0. The molecule has 0 fully saturated rings. The number of fused-ring (bicyclic) bond motifs is 1. The van der Waals surface area contributed by atoms with Crippen molar-refractivity contribution in [2.45, 2.75) is 33.3 Å². The predicted octanol–water partition coefficient (Wildman–Crippen LogP) is 3.38. The van der Waals surface area contributed by atoms with Gasteiger partial charge in [0.25, 0.3) is 0 Å². The van der Waals surface area contributed by atoms with E-state index < -0.39 is 5.60 Å². The molecule has 0 aliphatic rings. The Balaban J connectivity index is 0.00000200. The molecule has 0 unspecified atom stereocenters. The largest absolute Gasteiger partial charge is 0.480 e. The third kappa shape index (κ3) is 2.82. The quantitative estimate of drug-likeness (QED) is 0.394. The van der Waals surface area contributed by atoms with Crippen LogP contribution >= 0.6 is 12.4 Å². The molecule has 2 rings (SSSR count). The van der Waals surface area contributed by atoms with Crippen LogP contribution in [0.2, 0.25) is 0 Å². The summed E-state index contributed by atoms with van der Waals surface area (Å²) in [6, 6.07) is 5.59. The summed E-state index contributed by atoms with van der Waals surface area (Å²) in [5, 5.41) is 12.8. The fourth-order valence-electron chi connectivity index (χ4n) is 1.86. The Morgan fingerprint density at radius 3 is 2.60 bits per heavy atom. The maximum absolute atomic E-state index is 8.72. The minimum absolute atomic E-state index is 0. The van der Waals surface area contributed by atoms with E-state index in [1.54, 1.807) is 13.8 Å². The van der Waals surface area contributed by atoms with Crippen molar-refractivity contribution >= 4 is 29.2 Å². The molecule has 0 amide bonds. The molecule has 2 aromatic rings. The van der Waals surface area contributed by atoms with Crippen LogP contribution < -0.4 is 10.5 Å². The van der Waals surface area contributed by atoms with Crippen LogP contribution in [0.25, 0.3) is 11.0 Å². The lowest BCUT2D eigenvalue weighted by molar-refractivity contribution is 0.173. The maximum Gasteiger partial charge on any atom is 0.182 e. The van der Waals surface area contributed by atoms with Gasteiger partial charge in [-0.1, -0.05) is 5.16 Å². The van der Waals surface area contributed by atoms with Crippen molar-refractivity contribution in [2.24, 2.45) is 10.9 Å². The molecule has 0 aliphatic carbocycles. The maximum atomic E-state index is 8.72. The molecule has 0 saturated heterocycles. The number of nitrogens with two attached hydrogens (primary N) is 1. The summed E-state index contributed by atoms with van der Waals surface area (Å²) in [5.74, 6) is 1.51. The normalized spacial score (nSPS) is 12.3. The molecular formula is C14H19ClN2O3. The molecule has 3 N–H and O–H groups in total. The zero-order valence-electron chi connectivity index (χ0n) is 11.9. The van der Waals surface area contributed by atoms with Gasteiger partial charge in [-0.3, -0.25) is 0 Å².